The zero-order valence-corrected chi connectivity index (χ0v) is 20.6. The van der Waals surface area contributed by atoms with Crippen molar-refractivity contribution in [2.45, 2.75) is 56.5 Å². The van der Waals surface area contributed by atoms with E-state index in [-0.39, 0.29) is 11.1 Å². The number of carbonyl (C=O) groups is 2. The molecule has 1 atom stereocenters. The van der Waals surface area contributed by atoms with Gasteiger partial charge in [0.05, 0.1) is 5.25 Å². The van der Waals surface area contributed by atoms with Crippen LogP contribution in [0.25, 0.3) is 11.4 Å². The molecule has 0 aliphatic carbocycles. The predicted molar refractivity (Wildman–Crippen MR) is 134 cm³/mol. The van der Waals surface area contributed by atoms with Gasteiger partial charge in [-0.25, -0.2) is 9.36 Å². The number of hydrogen-bond acceptors (Lipinski definition) is 7. The minimum Gasteiger partial charge on any atom is -0.443 e. The first-order chi connectivity index (χ1) is 16.2. The van der Waals surface area contributed by atoms with Gasteiger partial charge in [-0.3, -0.25) is 9.78 Å². The largest absolute Gasteiger partial charge is 0.443 e. The fourth-order valence-corrected chi connectivity index (χ4v) is 4.05. The normalized spacial score (nSPS) is 12.1. The van der Waals surface area contributed by atoms with E-state index >= 15 is 0 Å². The van der Waals surface area contributed by atoms with Gasteiger partial charge in [-0.2, -0.15) is 0 Å². The molecular formula is C25H29N5O3S. The number of aromatic nitrogens is 4. The van der Waals surface area contributed by atoms with Gasteiger partial charge in [0.15, 0.2) is 5.82 Å². The average Bonchev–Trinajstić information content (AvgIpc) is 3.22. The monoisotopic (exact) mass is 479 g/mol. The summed E-state index contributed by atoms with van der Waals surface area (Å²) in [6.07, 6.45) is 5.54. The maximum absolute atomic E-state index is 13.1. The van der Waals surface area contributed by atoms with Crippen molar-refractivity contribution in [3.63, 3.8) is 0 Å². The van der Waals surface area contributed by atoms with Gasteiger partial charge in [-0.1, -0.05) is 36.9 Å². The van der Waals surface area contributed by atoms with Gasteiger partial charge in [0, 0.05) is 23.6 Å². The summed E-state index contributed by atoms with van der Waals surface area (Å²) in [4.78, 5) is 30.2. The van der Waals surface area contributed by atoms with Crippen molar-refractivity contribution in [2.24, 2.45) is 0 Å². The van der Waals surface area contributed by atoms with Crippen LogP contribution in [0, 0.1) is 0 Å². The molecule has 0 radical (unpaired) electrons. The van der Waals surface area contributed by atoms with Crippen LogP contribution in [-0.4, -0.2) is 42.6 Å². The maximum atomic E-state index is 13.1. The Hall–Kier alpha value is -3.46. The number of carbonyl (C=O) groups excluding carboxylic acids is 2. The van der Waals surface area contributed by atoms with Crippen molar-refractivity contribution in [1.29, 1.82) is 0 Å². The topological polar surface area (TPSA) is 99.0 Å². The lowest BCUT2D eigenvalue weighted by Gasteiger charge is -2.21. The van der Waals surface area contributed by atoms with E-state index in [0.29, 0.717) is 23.5 Å². The Labute approximate surface area is 203 Å². The molecule has 1 unspecified atom stereocenters. The molecule has 34 heavy (non-hydrogen) atoms. The first-order valence-corrected chi connectivity index (χ1v) is 11.9. The van der Waals surface area contributed by atoms with Crippen LogP contribution in [0.4, 0.5) is 10.5 Å². The second-order valence-electron chi connectivity index (χ2n) is 8.53. The number of nitrogens with one attached hydrogen (secondary N) is 1. The molecule has 1 aromatic carbocycles. The molecule has 178 valence electrons. The molecule has 0 saturated heterocycles. The number of pyridine rings is 1. The van der Waals surface area contributed by atoms with E-state index in [9.17, 15) is 9.59 Å². The summed E-state index contributed by atoms with van der Waals surface area (Å²) in [5.74, 6) is 0.0883. The van der Waals surface area contributed by atoms with Gasteiger partial charge in [0.25, 0.3) is 0 Å². The van der Waals surface area contributed by atoms with Crippen LogP contribution in [0.5, 0.6) is 0 Å². The van der Waals surface area contributed by atoms with Crippen molar-refractivity contribution >= 4 is 29.4 Å². The third-order valence-corrected chi connectivity index (χ3v) is 5.86. The Balaban J connectivity index is 1.91. The molecule has 0 bridgehead atoms. The van der Waals surface area contributed by atoms with Crippen molar-refractivity contribution in [1.82, 2.24) is 19.7 Å². The van der Waals surface area contributed by atoms with Crippen LogP contribution < -0.4 is 5.32 Å². The van der Waals surface area contributed by atoms with E-state index in [2.05, 4.69) is 34.0 Å². The Morgan fingerprint density at radius 1 is 1.15 bits per heavy atom. The van der Waals surface area contributed by atoms with Gasteiger partial charge in [-0.05, 0) is 63.4 Å². The van der Waals surface area contributed by atoms with Crippen molar-refractivity contribution < 1.29 is 14.3 Å². The third-order valence-electron chi connectivity index (χ3n) is 4.70. The molecule has 9 heteroatoms. The molecule has 8 nitrogen and oxygen atoms in total. The second-order valence-corrected chi connectivity index (χ2v) is 9.70. The summed E-state index contributed by atoms with van der Waals surface area (Å²) in [6.45, 7) is 11.2. The summed E-state index contributed by atoms with van der Waals surface area (Å²) < 4.78 is 6.90. The van der Waals surface area contributed by atoms with Crippen LogP contribution in [-0.2, 0) is 16.0 Å². The number of nitrogens with zero attached hydrogens (tertiary/aromatic N) is 4. The standard InChI is InChI=1S/C25H29N5O3S/c1-6-8-20(22(31)27-19-11-9-17(7-2)10-12-19)34-23-29-28-21(18-13-15-26-16-14-18)30(23)24(32)33-25(3,4)5/h6,9-16,20H,1,7-8H2,2-5H3,(H,27,31). The van der Waals surface area contributed by atoms with Gasteiger partial charge in [0.2, 0.25) is 11.1 Å². The molecule has 1 amide bonds. The van der Waals surface area contributed by atoms with E-state index in [1.807, 2.05) is 24.3 Å². The zero-order chi connectivity index (χ0) is 24.7. The number of amides is 1. The van der Waals surface area contributed by atoms with Crippen LogP contribution in [0.3, 0.4) is 0 Å². The lowest BCUT2D eigenvalue weighted by atomic mass is 10.1. The molecule has 3 rings (SSSR count). The predicted octanol–water partition coefficient (Wildman–Crippen LogP) is 5.36. The smallest absolute Gasteiger partial charge is 0.422 e. The number of hydrogen-bond donors (Lipinski definition) is 1. The summed E-state index contributed by atoms with van der Waals surface area (Å²) in [5, 5.41) is 11.0. The summed E-state index contributed by atoms with van der Waals surface area (Å²) in [7, 11) is 0. The fourth-order valence-electron chi connectivity index (χ4n) is 3.04. The molecule has 0 spiro atoms. The lowest BCUT2D eigenvalue weighted by molar-refractivity contribution is -0.115. The maximum Gasteiger partial charge on any atom is 0.422 e. The van der Waals surface area contributed by atoms with Gasteiger partial charge in [0.1, 0.15) is 5.60 Å². The summed E-state index contributed by atoms with van der Waals surface area (Å²) in [6, 6.07) is 11.2. The SMILES string of the molecule is C=CCC(Sc1nnc(-c2ccncc2)n1C(=O)OC(C)(C)C)C(=O)Nc1ccc(CC)cc1. The minimum absolute atomic E-state index is 0.224. The lowest BCUT2D eigenvalue weighted by Crippen LogP contribution is -2.29. The number of thioether (sulfide) groups is 1. The van der Waals surface area contributed by atoms with E-state index in [0.717, 1.165) is 18.2 Å². The molecule has 0 aliphatic heterocycles. The third kappa shape index (κ3) is 6.54. The Bertz CT molecular complexity index is 1140. The first kappa shape index (κ1) is 25.2. The van der Waals surface area contributed by atoms with Gasteiger partial charge < -0.3 is 10.1 Å². The Morgan fingerprint density at radius 3 is 2.41 bits per heavy atom. The number of anilines is 1. The molecular weight excluding hydrogens is 450 g/mol. The number of benzene rings is 1. The van der Waals surface area contributed by atoms with Gasteiger partial charge >= 0.3 is 6.09 Å². The van der Waals surface area contributed by atoms with Crippen LogP contribution in [0.1, 0.15) is 39.7 Å². The van der Waals surface area contributed by atoms with Crippen LogP contribution in [0.15, 0.2) is 66.6 Å². The zero-order valence-electron chi connectivity index (χ0n) is 19.8. The van der Waals surface area contributed by atoms with E-state index in [4.69, 9.17) is 4.74 Å². The van der Waals surface area contributed by atoms with Crippen molar-refractivity contribution in [3.05, 3.63) is 67.0 Å². The van der Waals surface area contributed by atoms with Crippen LogP contribution >= 0.6 is 11.8 Å². The van der Waals surface area contributed by atoms with E-state index in [1.165, 1.54) is 10.1 Å². The highest BCUT2D eigenvalue weighted by Gasteiger charge is 2.29. The Kier molecular flexibility index (Phi) is 8.22. The van der Waals surface area contributed by atoms with Gasteiger partial charge in [-0.15, -0.1) is 16.8 Å². The van der Waals surface area contributed by atoms with Crippen molar-refractivity contribution in [2.75, 3.05) is 5.32 Å². The second kappa shape index (κ2) is 11.1. The molecule has 0 saturated carbocycles. The first-order valence-electron chi connectivity index (χ1n) is 11.0. The highest BCUT2D eigenvalue weighted by atomic mass is 32.2. The van der Waals surface area contributed by atoms with Crippen molar-refractivity contribution in [3.8, 4) is 11.4 Å². The Morgan fingerprint density at radius 2 is 1.82 bits per heavy atom. The number of rotatable bonds is 8. The number of aryl methyl sites for hydroxylation is 1. The minimum atomic E-state index is -0.721. The van der Waals surface area contributed by atoms with E-state index in [1.54, 1.807) is 51.4 Å². The highest BCUT2D eigenvalue weighted by Crippen LogP contribution is 2.30. The molecule has 1 N–H and O–H groups in total. The van der Waals surface area contributed by atoms with Crippen LogP contribution in [0.2, 0.25) is 0 Å². The fraction of sp³-hybridized carbons (Fsp3) is 0.320. The average molecular weight is 480 g/mol. The molecule has 2 heterocycles. The van der Waals surface area contributed by atoms with E-state index < -0.39 is 16.9 Å². The summed E-state index contributed by atoms with van der Waals surface area (Å²) in [5.41, 5.74) is 1.81. The number of ether oxygens (including phenoxy) is 1. The molecule has 0 aliphatic rings. The molecule has 0 fully saturated rings. The molecule has 3 aromatic rings. The molecule has 2 aromatic heterocycles. The number of allylic oxidation sites excluding steroid dienone is 1. The summed E-state index contributed by atoms with van der Waals surface area (Å²) >= 11 is 1.13. The quantitative estimate of drug-likeness (QED) is 0.343. The highest BCUT2D eigenvalue weighted by molar-refractivity contribution is 8.00.